The minimum Gasteiger partial charge on any atom is -0.394 e. The fraction of sp³-hybridized carbons (Fsp3) is 0.391. The van der Waals surface area contributed by atoms with Gasteiger partial charge in [-0.15, -0.1) is 0 Å². The molecule has 0 radical (unpaired) electrons. The monoisotopic (exact) mass is 451 g/mol. The number of carbonyl (C=O) groups is 2. The number of aliphatic hydroxyl groups excluding tert-OH is 1. The minimum absolute atomic E-state index is 0.0418. The molecule has 0 saturated carbocycles. The lowest BCUT2D eigenvalue weighted by Crippen LogP contribution is -2.55. The number of urea groups is 1. The standard InChI is InChI=1S/C23H29N7O3/c1-14-10-24-20-19(14)21(26-13-25-20)29-7-8-30(16(3)11-29)23(33)28-18-6-4-5-17(9-18)22(32)27-15(2)12-31/h4-6,9-10,13,15-16,31H,7-8,11-12H2,1-3H3,(H,27,32)(H,28,33)(H,24,25,26)/t15-,16+/m1/s1. The molecule has 3 amide bonds. The van der Waals surface area contributed by atoms with E-state index in [0.29, 0.717) is 30.9 Å². The number of fused-ring (bicyclic) bond motifs is 1. The molecule has 33 heavy (non-hydrogen) atoms. The van der Waals surface area contributed by atoms with Gasteiger partial charge in [-0.25, -0.2) is 14.8 Å². The van der Waals surface area contributed by atoms with Crippen LogP contribution in [0.1, 0.15) is 29.8 Å². The Bertz CT molecular complexity index is 1160. The number of anilines is 2. The van der Waals surface area contributed by atoms with Gasteiger partial charge in [0.05, 0.1) is 12.0 Å². The third kappa shape index (κ3) is 4.75. The molecule has 0 spiro atoms. The summed E-state index contributed by atoms with van der Waals surface area (Å²) in [4.78, 5) is 41.2. The van der Waals surface area contributed by atoms with E-state index >= 15 is 0 Å². The summed E-state index contributed by atoms with van der Waals surface area (Å²) in [7, 11) is 0. The molecule has 0 bridgehead atoms. The normalized spacial score (nSPS) is 17.2. The van der Waals surface area contributed by atoms with Crippen molar-refractivity contribution in [3.63, 3.8) is 0 Å². The third-order valence-corrected chi connectivity index (χ3v) is 5.86. The highest BCUT2D eigenvalue weighted by Gasteiger charge is 2.29. The van der Waals surface area contributed by atoms with Gasteiger partial charge in [0.2, 0.25) is 0 Å². The Balaban J connectivity index is 1.42. The van der Waals surface area contributed by atoms with Gasteiger partial charge in [-0.3, -0.25) is 4.79 Å². The maximum Gasteiger partial charge on any atom is 0.322 e. The number of H-pyrrole nitrogens is 1. The molecule has 10 nitrogen and oxygen atoms in total. The summed E-state index contributed by atoms with van der Waals surface area (Å²) in [6.07, 6.45) is 3.48. The van der Waals surface area contributed by atoms with E-state index in [1.54, 1.807) is 42.4 Å². The molecular weight excluding hydrogens is 422 g/mol. The van der Waals surface area contributed by atoms with E-state index < -0.39 is 0 Å². The smallest absolute Gasteiger partial charge is 0.322 e. The molecule has 4 N–H and O–H groups in total. The lowest BCUT2D eigenvalue weighted by molar-refractivity contribution is 0.0922. The van der Waals surface area contributed by atoms with Crippen LogP contribution in [0.15, 0.2) is 36.8 Å². The van der Waals surface area contributed by atoms with Crippen LogP contribution in [0.4, 0.5) is 16.3 Å². The first kappa shape index (κ1) is 22.5. The molecule has 2 aromatic heterocycles. The Morgan fingerprint density at radius 1 is 1.30 bits per heavy atom. The molecular formula is C23H29N7O3. The van der Waals surface area contributed by atoms with Crippen molar-refractivity contribution >= 4 is 34.5 Å². The second-order valence-electron chi connectivity index (χ2n) is 8.45. The van der Waals surface area contributed by atoms with Crippen LogP contribution in [0, 0.1) is 6.92 Å². The summed E-state index contributed by atoms with van der Waals surface area (Å²) < 4.78 is 0. The number of rotatable bonds is 5. The van der Waals surface area contributed by atoms with Gasteiger partial charge in [0, 0.05) is 49.2 Å². The maximum atomic E-state index is 13.0. The molecule has 0 unspecified atom stereocenters. The van der Waals surface area contributed by atoms with Crippen LogP contribution in [-0.4, -0.2) is 75.2 Å². The molecule has 3 heterocycles. The highest BCUT2D eigenvalue weighted by Crippen LogP contribution is 2.27. The Morgan fingerprint density at radius 2 is 2.12 bits per heavy atom. The van der Waals surface area contributed by atoms with E-state index in [2.05, 4.69) is 30.5 Å². The largest absolute Gasteiger partial charge is 0.394 e. The van der Waals surface area contributed by atoms with Crippen LogP contribution in [0.25, 0.3) is 11.0 Å². The van der Waals surface area contributed by atoms with Crippen molar-refractivity contribution < 1.29 is 14.7 Å². The number of carbonyl (C=O) groups excluding carboxylic acids is 2. The number of nitrogens with one attached hydrogen (secondary N) is 3. The van der Waals surface area contributed by atoms with Gasteiger partial charge >= 0.3 is 6.03 Å². The first-order chi connectivity index (χ1) is 15.9. The Hall–Kier alpha value is -3.66. The van der Waals surface area contributed by atoms with Crippen LogP contribution in [0.5, 0.6) is 0 Å². The van der Waals surface area contributed by atoms with Crippen molar-refractivity contribution in [2.24, 2.45) is 0 Å². The molecule has 1 aliphatic heterocycles. The van der Waals surface area contributed by atoms with E-state index in [-0.39, 0.29) is 30.6 Å². The number of hydrogen-bond acceptors (Lipinski definition) is 6. The van der Waals surface area contributed by atoms with Gasteiger partial charge in [-0.1, -0.05) is 6.07 Å². The van der Waals surface area contributed by atoms with E-state index in [4.69, 9.17) is 5.11 Å². The van der Waals surface area contributed by atoms with Crippen molar-refractivity contribution in [3.05, 3.63) is 47.9 Å². The van der Waals surface area contributed by atoms with Gasteiger partial charge < -0.3 is 30.5 Å². The minimum atomic E-state index is -0.348. The fourth-order valence-electron chi connectivity index (χ4n) is 4.08. The lowest BCUT2D eigenvalue weighted by atomic mass is 10.1. The van der Waals surface area contributed by atoms with Gasteiger partial charge in [0.25, 0.3) is 5.91 Å². The second kappa shape index (κ2) is 9.45. The number of aliphatic hydroxyl groups is 1. The SMILES string of the molecule is Cc1c[nH]c2ncnc(N3CCN(C(=O)Nc4cccc(C(=O)N[C@H](C)CO)c4)[C@@H](C)C3)c12. The van der Waals surface area contributed by atoms with Crippen LogP contribution in [0.2, 0.25) is 0 Å². The highest BCUT2D eigenvalue weighted by atomic mass is 16.3. The number of piperazine rings is 1. The topological polar surface area (TPSA) is 126 Å². The van der Waals surface area contributed by atoms with Crippen LogP contribution < -0.4 is 15.5 Å². The Morgan fingerprint density at radius 3 is 2.88 bits per heavy atom. The van der Waals surface area contributed by atoms with Gasteiger partial charge in [-0.2, -0.15) is 0 Å². The number of aryl methyl sites for hydroxylation is 1. The molecule has 2 atom stereocenters. The summed E-state index contributed by atoms with van der Waals surface area (Å²) >= 11 is 0. The highest BCUT2D eigenvalue weighted by molar-refractivity contribution is 5.97. The van der Waals surface area contributed by atoms with Crippen LogP contribution in [0.3, 0.4) is 0 Å². The summed E-state index contributed by atoms with van der Waals surface area (Å²) in [5.41, 5.74) is 2.85. The number of nitrogens with zero attached hydrogens (tertiary/aromatic N) is 4. The predicted molar refractivity (Wildman–Crippen MR) is 126 cm³/mol. The van der Waals surface area contributed by atoms with Gasteiger partial charge in [-0.05, 0) is 44.5 Å². The molecule has 4 rings (SSSR count). The second-order valence-corrected chi connectivity index (χ2v) is 8.45. The van der Waals surface area contributed by atoms with Crippen molar-refractivity contribution in [1.29, 1.82) is 0 Å². The third-order valence-electron chi connectivity index (χ3n) is 5.86. The molecule has 0 aliphatic carbocycles. The lowest BCUT2D eigenvalue weighted by Gasteiger charge is -2.40. The first-order valence-corrected chi connectivity index (χ1v) is 11.0. The maximum absolute atomic E-state index is 13.0. The molecule has 10 heteroatoms. The van der Waals surface area contributed by atoms with E-state index in [1.165, 1.54) is 0 Å². The number of benzene rings is 1. The van der Waals surface area contributed by atoms with Gasteiger partial charge in [0.1, 0.15) is 17.8 Å². The van der Waals surface area contributed by atoms with E-state index in [1.807, 2.05) is 20.0 Å². The fourth-order valence-corrected chi connectivity index (χ4v) is 4.08. The van der Waals surface area contributed by atoms with Crippen molar-refractivity contribution in [3.8, 4) is 0 Å². The number of hydrogen-bond donors (Lipinski definition) is 4. The first-order valence-electron chi connectivity index (χ1n) is 11.0. The van der Waals surface area contributed by atoms with E-state index in [0.717, 1.165) is 22.4 Å². The molecule has 1 saturated heterocycles. The average molecular weight is 452 g/mol. The average Bonchev–Trinajstić information content (AvgIpc) is 3.20. The summed E-state index contributed by atoms with van der Waals surface area (Å²) in [5, 5.41) is 15.7. The molecule has 1 fully saturated rings. The van der Waals surface area contributed by atoms with E-state index in [9.17, 15) is 9.59 Å². The zero-order valence-corrected chi connectivity index (χ0v) is 19.0. The molecule has 1 aliphatic rings. The van der Waals surface area contributed by atoms with Crippen molar-refractivity contribution in [1.82, 2.24) is 25.2 Å². The number of amides is 3. The zero-order chi connectivity index (χ0) is 23.5. The summed E-state index contributed by atoms with van der Waals surface area (Å²) in [6.45, 7) is 7.44. The summed E-state index contributed by atoms with van der Waals surface area (Å²) in [5.74, 6) is 0.576. The van der Waals surface area contributed by atoms with Crippen LogP contribution >= 0.6 is 0 Å². The number of aromatic nitrogens is 3. The Labute approximate surface area is 192 Å². The predicted octanol–water partition coefficient (Wildman–Crippen LogP) is 2.12. The quantitative estimate of drug-likeness (QED) is 0.471. The molecule has 3 aromatic rings. The van der Waals surface area contributed by atoms with Gasteiger partial charge in [0.15, 0.2) is 0 Å². The zero-order valence-electron chi connectivity index (χ0n) is 19.0. The van der Waals surface area contributed by atoms with Crippen molar-refractivity contribution in [2.45, 2.75) is 32.9 Å². The van der Waals surface area contributed by atoms with Crippen LogP contribution in [-0.2, 0) is 0 Å². The molecule has 1 aromatic carbocycles. The summed E-state index contributed by atoms with van der Waals surface area (Å²) in [6, 6.07) is 6.16. The molecule has 174 valence electrons. The Kier molecular flexibility index (Phi) is 6.45. The number of aromatic amines is 1. The van der Waals surface area contributed by atoms with Crippen molar-refractivity contribution in [2.75, 3.05) is 36.5 Å².